The smallest absolute Gasteiger partial charge is 0.159 e. The van der Waals surface area contributed by atoms with Crippen molar-refractivity contribution < 1.29 is 8.78 Å². The van der Waals surface area contributed by atoms with E-state index in [4.69, 9.17) is 0 Å². The van der Waals surface area contributed by atoms with Crippen LogP contribution in [0, 0.1) is 18.6 Å². The van der Waals surface area contributed by atoms with Crippen LogP contribution < -0.4 is 5.32 Å². The highest BCUT2D eigenvalue weighted by Crippen LogP contribution is 2.19. The lowest BCUT2D eigenvalue weighted by Gasteiger charge is -2.16. The quantitative estimate of drug-likeness (QED) is 0.915. The molecule has 100 valence electrons. The third kappa shape index (κ3) is 3.35. The van der Waals surface area contributed by atoms with Crippen molar-refractivity contribution in [1.82, 2.24) is 10.3 Å². The maximum Gasteiger partial charge on any atom is 0.159 e. The Hall–Kier alpha value is -1.81. The van der Waals surface area contributed by atoms with Crippen molar-refractivity contribution in [3.8, 4) is 0 Å². The number of benzene rings is 1. The minimum absolute atomic E-state index is 0.0259. The molecule has 2 nitrogen and oxygen atoms in total. The molecule has 1 aromatic heterocycles. The Morgan fingerprint density at radius 1 is 1.16 bits per heavy atom. The molecule has 0 aliphatic heterocycles. The lowest BCUT2D eigenvalue weighted by molar-refractivity contribution is 0.504. The second-order valence-electron chi connectivity index (χ2n) is 4.53. The van der Waals surface area contributed by atoms with E-state index in [0.29, 0.717) is 6.42 Å². The SMILES string of the molecule is CNC(Cc1ccc(F)c(F)c1)c1ccc(C)nc1. The first-order valence-corrected chi connectivity index (χ1v) is 6.14. The summed E-state index contributed by atoms with van der Waals surface area (Å²) in [6.07, 6.45) is 2.38. The van der Waals surface area contributed by atoms with Crippen LogP contribution in [0.5, 0.6) is 0 Å². The van der Waals surface area contributed by atoms with Gasteiger partial charge in [-0.3, -0.25) is 4.98 Å². The fourth-order valence-electron chi connectivity index (χ4n) is 1.97. The molecule has 1 unspecified atom stereocenters. The van der Waals surface area contributed by atoms with Crippen molar-refractivity contribution in [2.24, 2.45) is 0 Å². The average molecular weight is 262 g/mol. The average Bonchev–Trinajstić information content (AvgIpc) is 2.41. The van der Waals surface area contributed by atoms with Crippen LogP contribution >= 0.6 is 0 Å². The molecular weight excluding hydrogens is 246 g/mol. The van der Waals surface area contributed by atoms with Gasteiger partial charge in [-0.05, 0) is 49.7 Å². The number of aryl methyl sites for hydroxylation is 1. The molecule has 0 aliphatic carbocycles. The van der Waals surface area contributed by atoms with Crippen LogP contribution in [-0.4, -0.2) is 12.0 Å². The summed E-state index contributed by atoms with van der Waals surface area (Å²) < 4.78 is 26.1. The third-order valence-corrected chi connectivity index (χ3v) is 3.11. The minimum atomic E-state index is -0.818. The molecule has 0 bridgehead atoms. The van der Waals surface area contributed by atoms with Crippen LogP contribution in [0.15, 0.2) is 36.5 Å². The van der Waals surface area contributed by atoms with Crippen molar-refractivity contribution in [3.05, 3.63) is 65.0 Å². The van der Waals surface area contributed by atoms with Crippen molar-refractivity contribution >= 4 is 0 Å². The van der Waals surface area contributed by atoms with Crippen molar-refractivity contribution in [3.63, 3.8) is 0 Å². The topological polar surface area (TPSA) is 24.9 Å². The van der Waals surface area contributed by atoms with Crippen LogP contribution in [0.3, 0.4) is 0 Å². The first-order chi connectivity index (χ1) is 9.10. The van der Waals surface area contributed by atoms with Gasteiger partial charge < -0.3 is 5.32 Å². The maximum absolute atomic E-state index is 13.2. The molecular formula is C15H16F2N2. The first kappa shape index (κ1) is 13.6. The number of likely N-dealkylation sites (N-methyl/N-ethyl adjacent to an activating group) is 1. The molecule has 19 heavy (non-hydrogen) atoms. The van der Waals surface area contributed by atoms with Gasteiger partial charge in [-0.1, -0.05) is 12.1 Å². The molecule has 0 amide bonds. The van der Waals surface area contributed by atoms with Crippen molar-refractivity contribution in [2.75, 3.05) is 7.05 Å². The Morgan fingerprint density at radius 3 is 2.53 bits per heavy atom. The second kappa shape index (κ2) is 5.89. The predicted molar refractivity (Wildman–Crippen MR) is 70.8 cm³/mol. The molecule has 2 aromatic rings. The maximum atomic E-state index is 13.2. The highest BCUT2D eigenvalue weighted by Gasteiger charge is 2.12. The van der Waals surface area contributed by atoms with E-state index in [1.165, 1.54) is 6.07 Å². The lowest BCUT2D eigenvalue weighted by Crippen LogP contribution is -2.19. The fraction of sp³-hybridized carbons (Fsp3) is 0.267. The van der Waals surface area contributed by atoms with Crippen molar-refractivity contribution in [1.29, 1.82) is 0 Å². The van der Waals surface area contributed by atoms with Gasteiger partial charge in [0.1, 0.15) is 0 Å². The van der Waals surface area contributed by atoms with E-state index in [9.17, 15) is 8.78 Å². The molecule has 1 N–H and O–H groups in total. The summed E-state index contributed by atoms with van der Waals surface area (Å²) in [5.74, 6) is -1.63. The Morgan fingerprint density at radius 2 is 1.95 bits per heavy atom. The highest BCUT2D eigenvalue weighted by molar-refractivity contribution is 5.23. The van der Waals surface area contributed by atoms with E-state index in [1.807, 2.05) is 26.1 Å². The zero-order valence-electron chi connectivity index (χ0n) is 11.0. The molecule has 2 rings (SSSR count). The van der Waals surface area contributed by atoms with Crippen LogP contribution in [0.4, 0.5) is 8.78 Å². The van der Waals surface area contributed by atoms with Gasteiger partial charge in [0.2, 0.25) is 0 Å². The van der Waals surface area contributed by atoms with E-state index < -0.39 is 11.6 Å². The van der Waals surface area contributed by atoms with Gasteiger partial charge in [-0.25, -0.2) is 8.78 Å². The summed E-state index contributed by atoms with van der Waals surface area (Å²) >= 11 is 0. The van der Waals surface area contributed by atoms with Crippen molar-refractivity contribution in [2.45, 2.75) is 19.4 Å². The Balaban J connectivity index is 2.18. The van der Waals surface area contributed by atoms with E-state index in [-0.39, 0.29) is 6.04 Å². The summed E-state index contributed by atoms with van der Waals surface area (Å²) in [5.41, 5.74) is 2.73. The Labute approximate surface area is 111 Å². The largest absolute Gasteiger partial charge is 0.313 e. The number of rotatable bonds is 4. The molecule has 1 aromatic carbocycles. The summed E-state index contributed by atoms with van der Waals surface area (Å²) in [6, 6.07) is 7.95. The monoisotopic (exact) mass is 262 g/mol. The molecule has 0 saturated carbocycles. The first-order valence-electron chi connectivity index (χ1n) is 6.14. The van der Waals surface area contributed by atoms with Gasteiger partial charge in [0.25, 0.3) is 0 Å². The van der Waals surface area contributed by atoms with Crippen LogP contribution in [-0.2, 0) is 6.42 Å². The standard InChI is InChI=1S/C15H16F2N2/c1-10-3-5-12(9-19-10)15(18-2)8-11-4-6-13(16)14(17)7-11/h3-7,9,15,18H,8H2,1-2H3. The number of hydrogen-bond donors (Lipinski definition) is 1. The van der Waals surface area contributed by atoms with Crippen LogP contribution in [0.1, 0.15) is 22.9 Å². The number of halogens is 2. The fourth-order valence-corrected chi connectivity index (χ4v) is 1.97. The van der Waals surface area contributed by atoms with Gasteiger partial charge in [0.05, 0.1) is 0 Å². The third-order valence-electron chi connectivity index (χ3n) is 3.11. The van der Waals surface area contributed by atoms with E-state index in [2.05, 4.69) is 10.3 Å². The summed E-state index contributed by atoms with van der Waals surface area (Å²) in [5, 5.41) is 3.16. The van der Waals surface area contributed by atoms with Crippen LogP contribution in [0.2, 0.25) is 0 Å². The number of nitrogens with zero attached hydrogens (tertiary/aromatic N) is 1. The molecule has 4 heteroatoms. The number of hydrogen-bond acceptors (Lipinski definition) is 2. The van der Waals surface area contributed by atoms with Gasteiger partial charge in [-0.15, -0.1) is 0 Å². The van der Waals surface area contributed by atoms with E-state index in [1.54, 1.807) is 12.3 Å². The molecule has 0 radical (unpaired) electrons. The van der Waals surface area contributed by atoms with E-state index >= 15 is 0 Å². The van der Waals surface area contributed by atoms with Gasteiger partial charge in [0, 0.05) is 17.9 Å². The summed E-state index contributed by atoms with van der Waals surface area (Å²) in [7, 11) is 1.84. The van der Waals surface area contributed by atoms with E-state index in [0.717, 1.165) is 22.9 Å². The predicted octanol–water partition coefficient (Wildman–Crippen LogP) is 3.17. The Bertz CT molecular complexity index is 553. The summed E-state index contributed by atoms with van der Waals surface area (Å²) in [6.45, 7) is 1.92. The Kier molecular flexibility index (Phi) is 4.22. The molecule has 0 saturated heterocycles. The molecule has 1 heterocycles. The molecule has 0 spiro atoms. The number of aromatic nitrogens is 1. The van der Waals surface area contributed by atoms with Gasteiger partial charge in [0.15, 0.2) is 11.6 Å². The highest BCUT2D eigenvalue weighted by atomic mass is 19.2. The zero-order chi connectivity index (χ0) is 13.8. The lowest BCUT2D eigenvalue weighted by atomic mass is 10.00. The number of pyridine rings is 1. The van der Waals surface area contributed by atoms with Gasteiger partial charge in [-0.2, -0.15) is 0 Å². The second-order valence-corrected chi connectivity index (χ2v) is 4.53. The summed E-state index contributed by atoms with van der Waals surface area (Å²) in [4.78, 5) is 4.25. The molecule has 0 aliphatic rings. The zero-order valence-corrected chi connectivity index (χ0v) is 11.0. The minimum Gasteiger partial charge on any atom is -0.313 e. The molecule has 0 fully saturated rings. The van der Waals surface area contributed by atoms with Crippen LogP contribution in [0.25, 0.3) is 0 Å². The van der Waals surface area contributed by atoms with Gasteiger partial charge >= 0.3 is 0 Å². The normalized spacial score (nSPS) is 12.4. The molecule has 1 atom stereocenters. The number of nitrogens with one attached hydrogen (secondary N) is 1.